The molecule has 3 unspecified atom stereocenters. The van der Waals surface area contributed by atoms with Crippen molar-refractivity contribution in [3.8, 4) is 0 Å². The molecule has 0 aliphatic carbocycles. The largest absolute Gasteiger partial charge is 0.393 e. The molecule has 0 amide bonds. The highest BCUT2D eigenvalue weighted by Crippen LogP contribution is 2.15. The Hall–Kier alpha value is -0.740. The van der Waals surface area contributed by atoms with Gasteiger partial charge in [0.2, 0.25) is 0 Å². The van der Waals surface area contributed by atoms with Crippen molar-refractivity contribution in [2.24, 2.45) is 5.92 Å². The van der Waals surface area contributed by atoms with Crippen molar-refractivity contribution < 1.29 is 19.8 Å². The number of hydrogen-bond acceptors (Lipinski definition) is 4. The molecule has 3 atom stereocenters. The Bertz CT molecular complexity index is 210. The molecule has 0 fully saturated rings. The predicted molar refractivity (Wildman–Crippen MR) is 51.8 cm³/mol. The first-order valence-corrected chi connectivity index (χ1v) is 4.70. The van der Waals surface area contributed by atoms with Crippen LogP contribution in [0.2, 0.25) is 0 Å². The lowest BCUT2D eigenvalue weighted by molar-refractivity contribution is -0.130. The van der Waals surface area contributed by atoms with E-state index in [1.54, 1.807) is 0 Å². The minimum Gasteiger partial charge on any atom is -0.393 e. The fourth-order valence-electron chi connectivity index (χ4n) is 1.37. The summed E-state index contributed by atoms with van der Waals surface area (Å²) in [5.74, 6) is -1.02. The van der Waals surface area contributed by atoms with Crippen LogP contribution in [-0.4, -0.2) is 34.0 Å². The van der Waals surface area contributed by atoms with Crippen molar-refractivity contribution in [2.75, 3.05) is 0 Å². The van der Waals surface area contributed by atoms with E-state index in [9.17, 15) is 14.7 Å². The number of Topliss-reactive ketones (excluding diaryl/α,β-unsaturated/α-hetero) is 2. The van der Waals surface area contributed by atoms with Gasteiger partial charge < -0.3 is 15.0 Å². The van der Waals surface area contributed by atoms with Crippen LogP contribution < -0.4 is 0 Å². The molecule has 0 aliphatic heterocycles. The first-order chi connectivity index (χ1) is 6.34. The molecule has 4 nitrogen and oxygen atoms in total. The van der Waals surface area contributed by atoms with Crippen molar-refractivity contribution in [3.63, 3.8) is 0 Å². The first-order valence-electron chi connectivity index (χ1n) is 4.70. The van der Waals surface area contributed by atoms with Crippen molar-refractivity contribution in [1.82, 2.24) is 0 Å². The van der Waals surface area contributed by atoms with Crippen molar-refractivity contribution in [1.29, 1.82) is 0 Å². The Labute approximate surface area is 83.9 Å². The summed E-state index contributed by atoms with van der Waals surface area (Å²) in [4.78, 5) is 21.9. The van der Waals surface area contributed by atoms with Crippen LogP contribution in [0.4, 0.5) is 0 Å². The van der Waals surface area contributed by atoms with Crippen molar-refractivity contribution in [2.45, 2.75) is 45.8 Å². The number of aliphatic hydroxyl groups is 2. The van der Waals surface area contributed by atoms with Crippen LogP contribution in [0.25, 0.3) is 0 Å². The number of ketones is 2. The zero-order valence-corrected chi connectivity index (χ0v) is 8.86. The second kappa shape index (κ2) is 5.88. The molecule has 82 valence electrons. The van der Waals surface area contributed by atoms with Crippen LogP contribution in [0, 0.1) is 5.92 Å². The van der Waals surface area contributed by atoms with Gasteiger partial charge in [-0.05, 0) is 27.2 Å². The molecular weight excluding hydrogens is 184 g/mol. The Kier molecular flexibility index (Phi) is 5.57. The van der Waals surface area contributed by atoms with E-state index in [0.29, 0.717) is 0 Å². The van der Waals surface area contributed by atoms with Gasteiger partial charge in [0.05, 0.1) is 18.1 Å². The van der Waals surface area contributed by atoms with Crippen LogP contribution in [0.1, 0.15) is 33.6 Å². The van der Waals surface area contributed by atoms with E-state index in [2.05, 4.69) is 0 Å². The van der Waals surface area contributed by atoms with Gasteiger partial charge in [0.15, 0.2) is 0 Å². The molecular formula is C10H18O4. The van der Waals surface area contributed by atoms with E-state index < -0.39 is 18.1 Å². The molecule has 0 bridgehead atoms. The summed E-state index contributed by atoms with van der Waals surface area (Å²) in [5, 5.41) is 18.6. The molecule has 0 aromatic carbocycles. The van der Waals surface area contributed by atoms with E-state index in [0.717, 1.165) is 0 Å². The van der Waals surface area contributed by atoms with E-state index in [-0.39, 0.29) is 24.4 Å². The van der Waals surface area contributed by atoms with Gasteiger partial charge in [0.1, 0.15) is 11.6 Å². The van der Waals surface area contributed by atoms with Crippen LogP contribution >= 0.6 is 0 Å². The fraction of sp³-hybridized carbons (Fsp3) is 0.800. The smallest absolute Gasteiger partial charge is 0.135 e. The number of aliphatic hydroxyl groups excluding tert-OH is 2. The zero-order chi connectivity index (χ0) is 11.3. The second-order valence-corrected chi connectivity index (χ2v) is 3.78. The number of carbonyl (C=O) groups excluding carboxylic acids is 2. The standard InChI is InChI=1S/C10H18O4/c1-6(11)4-9(8(3)13)10(14)5-7(2)12/h7,9-10,12,14H,4-5H2,1-3H3. The van der Waals surface area contributed by atoms with E-state index in [1.165, 1.54) is 20.8 Å². The topological polar surface area (TPSA) is 74.6 Å². The lowest BCUT2D eigenvalue weighted by atomic mass is 9.90. The highest BCUT2D eigenvalue weighted by molar-refractivity contribution is 5.85. The third kappa shape index (κ3) is 5.09. The Morgan fingerprint density at radius 3 is 2.00 bits per heavy atom. The van der Waals surface area contributed by atoms with Gasteiger partial charge in [0, 0.05) is 6.42 Å². The van der Waals surface area contributed by atoms with Gasteiger partial charge in [-0.2, -0.15) is 0 Å². The average molecular weight is 202 g/mol. The third-order valence-electron chi connectivity index (χ3n) is 2.08. The number of carbonyl (C=O) groups is 2. The summed E-state index contributed by atoms with van der Waals surface area (Å²) in [5.41, 5.74) is 0. The Morgan fingerprint density at radius 1 is 1.21 bits per heavy atom. The summed E-state index contributed by atoms with van der Waals surface area (Å²) in [6, 6.07) is 0. The first kappa shape index (κ1) is 13.3. The van der Waals surface area contributed by atoms with E-state index >= 15 is 0 Å². The monoisotopic (exact) mass is 202 g/mol. The normalized spacial score (nSPS) is 17.2. The molecule has 4 heteroatoms. The summed E-state index contributed by atoms with van der Waals surface area (Å²) in [7, 11) is 0. The lowest BCUT2D eigenvalue weighted by Gasteiger charge is -2.20. The number of hydrogen-bond donors (Lipinski definition) is 2. The lowest BCUT2D eigenvalue weighted by Crippen LogP contribution is -2.31. The average Bonchev–Trinajstić information content (AvgIpc) is 1.97. The van der Waals surface area contributed by atoms with Gasteiger partial charge in [-0.3, -0.25) is 4.79 Å². The molecule has 0 saturated carbocycles. The molecule has 0 aromatic rings. The van der Waals surface area contributed by atoms with E-state index in [1.807, 2.05) is 0 Å². The predicted octanol–water partition coefficient (Wildman–Crippen LogP) is 0.302. The minimum atomic E-state index is -0.934. The van der Waals surface area contributed by atoms with Gasteiger partial charge in [-0.25, -0.2) is 0 Å². The molecule has 2 N–H and O–H groups in total. The summed E-state index contributed by atoms with van der Waals surface area (Å²) in [6.45, 7) is 4.26. The minimum absolute atomic E-state index is 0.0449. The Balaban J connectivity index is 4.33. The maximum atomic E-state index is 11.1. The molecule has 0 rings (SSSR count). The number of rotatable bonds is 6. The third-order valence-corrected chi connectivity index (χ3v) is 2.08. The van der Waals surface area contributed by atoms with Crippen LogP contribution in [0.15, 0.2) is 0 Å². The van der Waals surface area contributed by atoms with E-state index in [4.69, 9.17) is 5.11 Å². The summed E-state index contributed by atoms with van der Waals surface area (Å²) >= 11 is 0. The van der Waals surface area contributed by atoms with Gasteiger partial charge in [-0.15, -0.1) is 0 Å². The molecule has 0 spiro atoms. The van der Waals surface area contributed by atoms with Gasteiger partial charge in [-0.1, -0.05) is 0 Å². The highest BCUT2D eigenvalue weighted by atomic mass is 16.3. The second-order valence-electron chi connectivity index (χ2n) is 3.78. The molecule has 14 heavy (non-hydrogen) atoms. The molecule has 0 aliphatic rings. The maximum Gasteiger partial charge on any atom is 0.135 e. The van der Waals surface area contributed by atoms with Crippen molar-refractivity contribution in [3.05, 3.63) is 0 Å². The zero-order valence-electron chi connectivity index (χ0n) is 8.86. The van der Waals surface area contributed by atoms with Crippen LogP contribution in [0.5, 0.6) is 0 Å². The Morgan fingerprint density at radius 2 is 1.71 bits per heavy atom. The molecule has 0 radical (unpaired) electrons. The summed E-state index contributed by atoms with van der Waals surface area (Å²) < 4.78 is 0. The fourth-order valence-corrected chi connectivity index (χ4v) is 1.37. The van der Waals surface area contributed by atoms with Crippen LogP contribution in [0.3, 0.4) is 0 Å². The molecule has 0 saturated heterocycles. The van der Waals surface area contributed by atoms with Gasteiger partial charge in [0.25, 0.3) is 0 Å². The highest BCUT2D eigenvalue weighted by Gasteiger charge is 2.25. The van der Waals surface area contributed by atoms with Gasteiger partial charge >= 0.3 is 0 Å². The molecule has 0 aromatic heterocycles. The molecule has 0 heterocycles. The SMILES string of the molecule is CC(=O)CC(C(C)=O)C(O)CC(C)O. The van der Waals surface area contributed by atoms with Crippen LogP contribution in [-0.2, 0) is 9.59 Å². The summed E-state index contributed by atoms with van der Waals surface area (Å²) in [6.07, 6.45) is -1.43. The quantitative estimate of drug-likeness (QED) is 0.649. The maximum absolute atomic E-state index is 11.1. The van der Waals surface area contributed by atoms with Crippen molar-refractivity contribution >= 4 is 11.6 Å².